The average molecular weight is 324 g/mol. The van der Waals surface area contributed by atoms with Crippen LogP contribution in [0.25, 0.3) is 0 Å². The van der Waals surface area contributed by atoms with Crippen LogP contribution in [0.5, 0.6) is 0 Å². The number of ether oxygens (including phenoxy) is 1. The summed E-state index contributed by atoms with van der Waals surface area (Å²) in [6.45, 7) is 1.36. The van der Waals surface area contributed by atoms with Crippen LogP contribution in [0.15, 0.2) is 48.5 Å². The lowest BCUT2D eigenvalue weighted by molar-refractivity contribution is -0.123. The summed E-state index contributed by atoms with van der Waals surface area (Å²) in [5.41, 5.74) is 1.97. The Morgan fingerprint density at radius 3 is 2.33 bits per heavy atom. The van der Waals surface area contributed by atoms with E-state index in [0.717, 1.165) is 0 Å². The second-order valence-corrected chi connectivity index (χ2v) is 5.08. The predicted molar refractivity (Wildman–Crippen MR) is 87.0 cm³/mol. The maximum Gasteiger partial charge on any atom is 0.338 e. The van der Waals surface area contributed by atoms with E-state index in [9.17, 15) is 9.59 Å². The number of nitrogens with zero attached hydrogens (tertiary/aromatic N) is 1. The number of carbonyl (C=O) groups excluding carboxylic acids is 2. The van der Waals surface area contributed by atoms with E-state index in [1.165, 1.54) is 19.1 Å². The van der Waals surface area contributed by atoms with Gasteiger partial charge >= 0.3 is 5.97 Å². The third-order valence-corrected chi connectivity index (χ3v) is 3.31. The minimum Gasteiger partial charge on any atom is -0.449 e. The van der Waals surface area contributed by atoms with Crippen LogP contribution in [0.3, 0.4) is 0 Å². The van der Waals surface area contributed by atoms with Crippen molar-refractivity contribution in [2.75, 3.05) is 5.32 Å². The molecule has 2 rings (SSSR count). The first-order valence-corrected chi connectivity index (χ1v) is 7.25. The van der Waals surface area contributed by atoms with Crippen LogP contribution >= 0.6 is 0 Å². The number of rotatable bonds is 5. The number of hydrogen-bond donors (Lipinski definition) is 2. The maximum absolute atomic E-state index is 12.0. The minimum absolute atomic E-state index is 0.112. The van der Waals surface area contributed by atoms with E-state index in [0.29, 0.717) is 22.4 Å². The molecule has 122 valence electrons. The van der Waals surface area contributed by atoms with Gasteiger partial charge in [0.25, 0.3) is 5.91 Å². The molecule has 0 bridgehead atoms. The minimum atomic E-state index is -0.981. The molecular formula is C18H16N2O4. The molecule has 6 heteroatoms. The summed E-state index contributed by atoms with van der Waals surface area (Å²) < 4.78 is 5.12. The molecule has 2 aromatic carbocycles. The zero-order valence-electron chi connectivity index (χ0n) is 13.0. The summed E-state index contributed by atoms with van der Waals surface area (Å²) >= 11 is 0. The Kier molecular flexibility index (Phi) is 5.66. The van der Waals surface area contributed by atoms with Crippen molar-refractivity contribution in [1.82, 2.24) is 0 Å². The van der Waals surface area contributed by atoms with Gasteiger partial charge < -0.3 is 15.2 Å². The normalized spacial score (nSPS) is 11.2. The lowest BCUT2D eigenvalue weighted by Crippen LogP contribution is -2.30. The standard InChI is InChI=1S/C18H16N2O4/c1-12(17(22)20-16-8-4-13(10-19)5-9-16)24-18(23)15-6-2-14(11-21)3-7-15/h2-9,12,21H,11H2,1H3,(H,20,22)/t12-/m1/s1. The molecule has 0 spiro atoms. The van der Waals surface area contributed by atoms with Crippen LogP contribution < -0.4 is 5.32 Å². The monoisotopic (exact) mass is 324 g/mol. The number of anilines is 1. The molecule has 0 aliphatic heterocycles. The summed E-state index contributed by atoms with van der Waals surface area (Å²) in [5.74, 6) is -1.10. The van der Waals surface area contributed by atoms with Gasteiger partial charge in [0, 0.05) is 5.69 Å². The Bertz CT molecular complexity index is 761. The van der Waals surface area contributed by atoms with Crippen molar-refractivity contribution in [3.63, 3.8) is 0 Å². The summed E-state index contributed by atoms with van der Waals surface area (Å²) in [6.07, 6.45) is -0.981. The molecular weight excluding hydrogens is 308 g/mol. The fraction of sp³-hybridized carbons (Fsp3) is 0.167. The van der Waals surface area contributed by atoms with E-state index in [4.69, 9.17) is 15.1 Å². The summed E-state index contributed by atoms with van der Waals surface area (Å²) in [4.78, 5) is 24.0. The summed E-state index contributed by atoms with van der Waals surface area (Å²) in [6, 6.07) is 14.6. The van der Waals surface area contributed by atoms with Crippen molar-refractivity contribution < 1.29 is 19.4 Å². The van der Waals surface area contributed by atoms with Crippen LogP contribution in [-0.2, 0) is 16.1 Å². The molecule has 0 heterocycles. The van der Waals surface area contributed by atoms with Gasteiger partial charge in [-0.1, -0.05) is 12.1 Å². The van der Waals surface area contributed by atoms with Crippen molar-refractivity contribution >= 4 is 17.6 Å². The Labute approximate surface area is 139 Å². The van der Waals surface area contributed by atoms with Gasteiger partial charge in [0.2, 0.25) is 0 Å². The first-order chi connectivity index (χ1) is 11.5. The van der Waals surface area contributed by atoms with E-state index in [-0.39, 0.29) is 6.61 Å². The third-order valence-electron chi connectivity index (χ3n) is 3.31. The number of amides is 1. The zero-order chi connectivity index (χ0) is 17.5. The quantitative estimate of drug-likeness (QED) is 0.822. The molecule has 0 saturated carbocycles. The van der Waals surface area contributed by atoms with Gasteiger partial charge in [-0.15, -0.1) is 0 Å². The molecule has 0 unspecified atom stereocenters. The average Bonchev–Trinajstić information content (AvgIpc) is 2.62. The highest BCUT2D eigenvalue weighted by atomic mass is 16.5. The number of hydrogen-bond acceptors (Lipinski definition) is 5. The Balaban J connectivity index is 1.94. The molecule has 6 nitrogen and oxygen atoms in total. The zero-order valence-corrected chi connectivity index (χ0v) is 13.0. The van der Waals surface area contributed by atoms with Gasteiger partial charge in [-0.25, -0.2) is 4.79 Å². The van der Waals surface area contributed by atoms with Gasteiger partial charge in [-0.2, -0.15) is 5.26 Å². The van der Waals surface area contributed by atoms with Crippen molar-refractivity contribution in [2.24, 2.45) is 0 Å². The molecule has 2 aromatic rings. The SMILES string of the molecule is C[C@@H](OC(=O)c1ccc(CO)cc1)C(=O)Nc1ccc(C#N)cc1. The number of aliphatic hydroxyl groups is 1. The van der Waals surface area contributed by atoms with Crippen LogP contribution in [0, 0.1) is 11.3 Å². The Hall–Kier alpha value is -3.17. The van der Waals surface area contributed by atoms with Crippen LogP contribution in [0.1, 0.15) is 28.4 Å². The number of nitrogens with one attached hydrogen (secondary N) is 1. The Morgan fingerprint density at radius 2 is 1.79 bits per heavy atom. The molecule has 1 atom stereocenters. The van der Waals surface area contributed by atoms with Gasteiger partial charge in [0.15, 0.2) is 6.10 Å². The number of esters is 1. The fourth-order valence-electron chi connectivity index (χ4n) is 1.90. The molecule has 1 amide bonds. The highest BCUT2D eigenvalue weighted by Gasteiger charge is 2.19. The van der Waals surface area contributed by atoms with Crippen LogP contribution in [-0.4, -0.2) is 23.1 Å². The van der Waals surface area contributed by atoms with Gasteiger partial charge in [-0.05, 0) is 48.9 Å². The smallest absolute Gasteiger partial charge is 0.338 e. The fourth-order valence-corrected chi connectivity index (χ4v) is 1.90. The predicted octanol–water partition coefficient (Wildman–Crippen LogP) is 2.23. The van der Waals surface area contributed by atoms with Crippen molar-refractivity contribution in [1.29, 1.82) is 5.26 Å². The lowest BCUT2D eigenvalue weighted by Gasteiger charge is -2.13. The van der Waals surface area contributed by atoms with Gasteiger partial charge in [0.1, 0.15) is 0 Å². The van der Waals surface area contributed by atoms with Crippen molar-refractivity contribution in [3.05, 3.63) is 65.2 Å². The van der Waals surface area contributed by atoms with E-state index in [1.54, 1.807) is 36.4 Å². The molecule has 24 heavy (non-hydrogen) atoms. The highest BCUT2D eigenvalue weighted by Crippen LogP contribution is 2.11. The number of benzene rings is 2. The van der Waals surface area contributed by atoms with Crippen molar-refractivity contribution in [3.8, 4) is 6.07 Å². The second kappa shape index (κ2) is 7.90. The number of aliphatic hydroxyl groups excluding tert-OH is 1. The van der Waals surface area contributed by atoms with E-state index in [2.05, 4.69) is 5.32 Å². The Morgan fingerprint density at radius 1 is 1.17 bits per heavy atom. The summed E-state index contributed by atoms with van der Waals surface area (Å²) in [7, 11) is 0. The van der Waals surface area contributed by atoms with E-state index >= 15 is 0 Å². The molecule has 2 N–H and O–H groups in total. The first kappa shape index (κ1) is 17.2. The second-order valence-electron chi connectivity index (χ2n) is 5.08. The van der Waals surface area contributed by atoms with Gasteiger partial charge in [0.05, 0.1) is 23.8 Å². The molecule has 0 aromatic heterocycles. The maximum atomic E-state index is 12.0. The van der Waals surface area contributed by atoms with Crippen molar-refractivity contribution in [2.45, 2.75) is 19.6 Å². The number of nitriles is 1. The third kappa shape index (κ3) is 4.41. The molecule has 0 aliphatic carbocycles. The highest BCUT2D eigenvalue weighted by molar-refractivity contribution is 5.97. The molecule has 0 fully saturated rings. The van der Waals surface area contributed by atoms with Gasteiger partial charge in [-0.3, -0.25) is 4.79 Å². The molecule has 0 radical (unpaired) electrons. The topological polar surface area (TPSA) is 99.4 Å². The first-order valence-electron chi connectivity index (χ1n) is 7.25. The largest absolute Gasteiger partial charge is 0.449 e. The van der Waals surface area contributed by atoms with Crippen LogP contribution in [0.4, 0.5) is 5.69 Å². The molecule has 0 aliphatic rings. The lowest BCUT2D eigenvalue weighted by atomic mass is 10.1. The van der Waals surface area contributed by atoms with E-state index < -0.39 is 18.0 Å². The summed E-state index contributed by atoms with van der Waals surface area (Å²) in [5, 5.41) is 20.3. The van der Waals surface area contributed by atoms with E-state index in [1.807, 2.05) is 6.07 Å². The number of carbonyl (C=O) groups is 2. The molecule has 0 saturated heterocycles. The van der Waals surface area contributed by atoms with Crippen LogP contribution in [0.2, 0.25) is 0 Å².